The molecule has 0 bridgehead atoms. The van der Waals surface area contributed by atoms with Crippen LogP contribution in [0, 0.1) is 5.92 Å². The summed E-state index contributed by atoms with van der Waals surface area (Å²) >= 11 is 0. The van der Waals surface area contributed by atoms with Crippen LogP contribution in [0.5, 0.6) is 0 Å². The molecule has 6 heteroatoms. The maximum atomic E-state index is 13.5. The Labute approximate surface area is 433 Å². The van der Waals surface area contributed by atoms with Crippen LogP contribution in [0.2, 0.25) is 0 Å². The van der Waals surface area contributed by atoms with Gasteiger partial charge in [-0.25, -0.2) is 0 Å². The van der Waals surface area contributed by atoms with Gasteiger partial charge in [0.2, 0.25) is 11.8 Å². The standard InChI is InChI=1S/C63H125N3O3/c1-5-9-13-17-21-25-33-43-55-65(56-44-34-26-22-18-14-10-6-2)62(68)47-39-31-29-37-41-53-64(61-51-49-60(59-67)50-52-61)54-42-38-30-32-40-48-63(69)66(57-45-35-27-23-19-15-11-7-3)58-46-36-28-24-20-16-12-8-4/h60-61,67H,5-59H2,1-4H3. The van der Waals surface area contributed by atoms with Crippen LogP contribution in [0.4, 0.5) is 0 Å². The SMILES string of the molecule is CCCCCCCCCCN(CCCCCCCCCC)C(=O)CCCCCCCN(CCCCCCCC(=O)N(CCCCCCCCCC)CCCCCCCCCC)C1CCC(CO)CC1. The summed E-state index contributed by atoms with van der Waals surface area (Å²) < 4.78 is 0. The lowest BCUT2D eigenvalue weighted by Crippen LogP contribution is -2.39. The van der Waals surface area contributed by atoms with Crippen molar-refractivity contribution in [3.8, 4) is 0 Å². The number of rotatable bonds is 54. The first kappa shape index (κ1) is 65.9. The van der Waals surface area contributed by atoms with Gasteiger partial charge >= 0.3 is 0 Å². The molecule has 0 aromatic rings. The van der Waals surface area contributed by atoms with Crippen molar-refractivity contribution in [1.82, 2.24) is 14.7 Å². The Hall–Kier alpha value is -1.14. The van der Waals surface area contributed by atoms with E-state index in [2.05, 4.69) is 42.4 Å². The Bertz CT molecular complexity index is 952. The van der Waals surface area contributed by atoms with E-state index in [4.69, 9.17) is 0 Å². The molecule has 0 aromatic carbocycles. The number of unbranched alkanes of at least 4 members (excludes halogenated alkanes) is 36. The normalized spacial score (nSPS) is 15.1. The molecule has 0 atom stereocenters. The van der Waals surface area contributed by atoms with Crippen LogP contribution in [-0.2, 0) is 9.59 Å². The fourth-order valence-corrected chi connectivity index (χ4v) is 11.2. The van der Waals surface area contributed by atoms with Gasteiger partial charge in [0.05, 0.1) is 0 Å². The van der Waals surface area contributed by atoms with Crippen LogP contribution >= 0.6 is 0 Å². The maximum Gasteiger partial charge on any atom is 0.222 e. The predicted octanol–water partition coefficient (Wildman–Crippen LogP) is 18.7. The molecule has 0 aromatic heterocycles. The van der Waals surface area contributed by atoms with E-state index >= 15 is 0 Å². The van der Waals surface area contributed by atoms with Crippen molar-refractivity contribution in [3.05, 3.63) is 0 Å². The summed E-state index contributed by atoms with van der Waals surface area (Å²) in [4.78, 5) is 34.3. The molecule has 1 fully saturated rings. The van der Waals surface area contributed by atoms with Gasteiger partial charge in [0.15, 0.2) is 0 Å². The molecule has 410 valence electrons. The number of hydrogen-bond acceptors (Lipinski definition) is 4. The molecular formula is C63H125N3O3. The van der Waals surface area contributed by atoms with Gasteiger partial charge in [-0.05, 0) is 96.1 Å². The molecular weight excluding hydrogens is 847 g/mol. The fraction of sp³-hybridized carbons (Fsp3) is 0.968. The van der Waals surface area contributed by atoms with Crippen molar-refractivity contribution in [2.75, 3.05) is 45.9 Å². The monoisotopic (exact) mass is 972 g/mol. The van der Waals surface area contributed by atoms with Gasteiger partial charge in [-0.1, -0.05) is 246 Å². The van der Waals surface area contributed by atoms with Crippen LogP contribution < -0.4 is 0 Å². The Balaban J connectivity index is 2.48. The number of nitrogens with zero attached hydrogens (tertiary/aromatic N) is 3. The van der Waals surface area contributed by atoms with Gasteiger partial charge in [0.1, 0.15) is 0 Å². The third kappa shape index (κ3) is 41.0. The molecule has 1 saturated carbocycles. The van der Waals surface area contributed by atoms with Crippen LogP contribution in [0.25, 0.3) is 0 Å². The molecule has 1 aliphatic carbocycles. The summed E-state index contributed by atoms with van der Waals surface area (Å²) in [6.07, 6.45) is 60.5. The Morgan fingerprint density at radius 2 is 0.551 bits per heavy atom. The summed E-state index contributed by atoms with van der Waals surface area (Å²) in [6.45, 7) is 15.8. The van der Waals surface area contributed by atoms with Crippen LogP contribution in [0.3, 0.4) is 0 Å². The van der Waals surface area contributed by atoms with E-state index in [0.29, 0.717) is 30.4 Å². The summed E-state index contributed by atoms with van der Waals surface area (Å²) in [5.41, 5.74) is 0. The second-order valence-electron chi connectivity index (χ2n) is 22.6. The van der Waals surface area contributed by atoms with Crippen LogP contribution in [0.1, 0.15) is 336 Å². The van der Waals surface area contributed by atoms with Crippen molar-refractivity contribution in [3.63, 3.8) is 0 Å². The average Bonchev–Trinajstić information content (AvgIpc) is 3.36. The molecule has 0 saturated heterocycles. The molecule has 2 amide bonds. The third-order valence-corrected chi connectivity index (χ3v) is 16.1. The number of carbonyl (C=O) groups excluding carboxylic acids is 2. The number of amides is 2. The summed E-state index contributed by atoms with van der Waals surface area (Å²) in [6, 6.07) is 0.671. The van der Waals surface area contributed by atoms with Crippen molar-refractivity contribution >= 4 is 11.8 Å². The fourth-order valence-electron chi connectivity index (χ4n) is 11.2. The molecule has 1 aliphatic rings. The molecule has 6 nitrogen and oxygen atoms in total. The van der Waals surface area contributed by atoms with Crippen molar-refractivity contribution in [2.45, 2.75) is 342 Å². The van der Waals surface area contributed by atoms with E-state index in [9.17, 15) is 14.7 Å². The minimum Gasteiger partial charge on any atom is -0.396 e. The zero-order valence-corrected chi connectivity index (χ0v) is 47.7. The topological polar surface area (TPSA) is 64.1 Å². The lowest BCUT2D eigenvalue weighted by atomic mass is 9.85. The minimum absolute atomic E-state index is 0.351. The van der Waals surface area contributed by atoms with Crippen molar-refractivity contribution in [1.29, 1.82) is 0 Å². The van der Waals surface area contributed by atoms with E-state index in [1.807, 2.05) is 0 Å². The number of aliphatic hydroxyl groups is 1. The first-order valence-electron chi connectivity index (χ1n) is 31.9. The molecule has 1 rings (SSSR count). The number of carbonyl (C=O) groups is 2. The van der Waals surface area contributed by atoms with Gasteiger partial charge in [-0.15, -0.1) is 0 Å². The van der Waals surface area contributed by atoms with Gasteiger partial charge in [-0.3, -0.25) is 9.59 Å². The first-order chi connectivity index (χ1) is 34.0. The average molecular weight is 973 g/mol. The minimum atomic E-state index is 0.351. The molecule has 1 N–H and O–H groups in total. The van der Waals surface area contributed by atoms with E-state index in [-0.39, 0.29) is 0 Å². The highest BCUT2D eigenvalue weighted by Gasteiger charge is 2.25. The third-order valence-electron chi connectivity index (χ3n) is 16.1. The van der Waals surface area contributed by atoms with Gasteiger partial charge in [-0.2, -0.15) is 0 Å². The smallest absolute Gasteiger partial charge is 0.222 e. The van der Waals surface area contributed by atoms with Gasteiger partial charge in [0.25, 0.3) is 0 Å². The summed E-state index contributed by atoms with van der Waals surface area (Å²) in [5.74, 6) is 1.34. The lowest BCUT2D eigenvalue weighted by molar-refractivity contribution is -0.132. The zero-order valence-electron chi connectivity index (χ0n) is 47.7. The molecule has 0 radical (unpaired) electrons. The van der Waals surface area contributed by atoms with E-state index in [1.54, 1.807) is 0 Å². The largest absolute Gasteiger partial charge is 0.396 e. The highest BCUT2D eigenvalue weighted by molar-refractivity contribution is 5.76. The first-order valence-corrected chi connectivity index (χ1v) is 31.9. The highest BCUT2D eigenvalue weighted by Crippen LogP contribution is 2.28. The second kappa shape index (κ2) is 51.7. The van der Waals surface area contributed by atoms with E-state index in [1.165, 1.54) is 296 Å². The molecule has 0 aliphatic heterocycles. The van der Waals surface area contributed by atoms with Crippen molar-refractivity contribution < 1.29 is 14.7 Å². The Kier molecular flexibility index (Phi) is 49.4. The van der Waals surface area contributed by atoms with Gasteiger partial charge < -0.3 is 19.8 Å². The van der Waals surface area contributed by atoms with E-state index < -0.39 is 0 Å². The highest BCUT2D eigenvalue weighted by atomic mass is 16.3. The number of aliphatic hydroxyl groups excluding tert-OH is 1. The molecule has 0 unspecified atom stereocenters. The molecule has 0 heterocycles. The maximum absolute atomic E-state index is 13.5. The van der Waals surface area contributed by atoms with E-state index in [0.717, 1.165) is 51.9 Å². The van der Waals surface area contributed by atoms with Crippen molar-refractivity contribution in [2.24, 2.45) is 5.92 Å². The molecule has 0 spiro atoms. The zero-order chi connectivity index (χ0) is 49.9. The molecule has 69 heavy (non-hydrogen) atoms. The summed E-state index contributed by atoms with van der Waals surface area (Å²) in [5, 5.41) is 9.83. The predicted molar refractivity (Wildman–Crippen MR) is 303 cm³/mol. The Morgan fingerprint density at radius 1 is 0.319 bits per heavy atom. The quantitative estimate of drug-likeness (QED) is 0.0617. The second-order valence-corrected chi connectivity index (χ2v) is 22.6. The number of hydrogen-bond donors (Lipinski definition) is 1. The Morgan fingerprint density at radius 3 is 0.812 bits per heavy atom. The lowest BCUT2D eigenvalue weighted by Gasteiger charge is -2.36. The van der Waals surface area contributed by atoms with Gasteiger partial charge in [0, 0.05) is 51.7 Å². The summed E-state index contributed by atoms with van der Waals surface area (Å²) in [7, 11) is 0. The van der Waals surface area contributed by atoms with Crippen LogP contribution in [0.15, 0.2) is 0 Å². The van der Waals surface area contributed by atoms with Crippen LogP contribution in [-0.4, -0.2) is 83.5 Å².